The fraction of sp³-hybridized carbons (Fsp3) is 1.00. The molecule has 0 aromatic carbocycles. The van der Waals surface area contributed by atoms with Crippen LogP contribution in [0.1, 0.15) is 0 Å². The first kappa shape index (κ1) is 13.5. The average Bonchev–Trinajstić information content (AvgIpc) is 1.78. The summed E-state index contributed by atoms with van der Waals surface area (Å²) >= 11 is 0. The Balaban J connectivity index is 3.78. The Kier molecular flexibility index (Phi) is 4.97. The van der Waals surface area contributed by atoms with Crippen LogP contribution in [0.4, 0.5) is 0 Å². The van der Waals surface area contributed by atoms with Crippen molar-refractivity contribution in [3.05, 3.63) is 0 Å². The van der Waals surface area contributed by atoms with Crippen molar-refractivity contribution in [3.8, 4) is 0 Å². The quantitative estimate of drug-likeness (QED) is 0.545. The Labute approximate surface area is 84.0 Å². The summed E-state index contributed by atoms with van der Waals surface area (Å²) in [7, 11) is -4.82. The van der Waals surface area contributed by atoms with E-state index in [1.165, 1.54) is 0 Å². The Morgan fingerprint density at radius 3 is 1.77 bits per heavy atom. The summed E-state index contributed by atoms with van der Waals surface area (Å²) in [6.45, 7) is 12.3. The van der Waals surface area contributed by atoms with Crippen molar-refractivity contribution in [1.82, 2.24) is 0 Å². The molecular weight excluding hydrogens is 219 g/mol. The lowest BCUT2D eigenvalue weighted by Gasteiger charge is -2.13. The molecule has 0 aromatic heterocycles. The summed E-state index contributed by atoms with van der Waals surface area (Å²) < 4.78 is 22.2. The third-order valence-electron chi connectivity index (χ3n) is 0.979. The van der Waals surface area contributed by atoms with Gasteiger partial charge >= 0.3 is 8.03 Å². The standard InChI is InChI=1S/C7H20O3PSi2/c1-12(2,3)9-7-11(8)10-13(4,5)6/h7H2,1-6H3/q+1. The lowest BCUT2D eigenvalue weighted by atomic mass is 11.7. The molecule has 3 nitrogen and oxygen atoms in total. The van der Waals surface area contributed by atoms with Crippen LogP contribution in [0.2, 0.25) is 39.3 Å². The molecule has 0 bridgehead atoms. The van der Waals surface area contributed by atoms with Gasteiger partial charge in [0.2, 0.25) is 0 Å². The minimum atomic E-state index is -1.66. The summed E-state index contributed by atoms with van der Waals surface area (Å²) in [5.41, 5.74) is 0. The molecule has 0 N–H and O–H groups in total. The summed E-state index contributed by atoms with van der Waals surface area (Å²) in [4.78, 5) is 0. The van der Waals surface area contributed by atoms with Gasteiger partial charge < -0.3 is 4.43 Å². The van der Waals surface area contributed by atoms with Crippen LogP contribution < -0.4 is 0 Å². The van der Waals surface area contributed by atoms with Crippen molar-refractivity contribution in [2.45, 2.75) is 39.3 Å². The molecule has 0 heterocycles. The van der Waals surface area contributed by atoms with E-state index in [2.05, 4.69) is 19.6 Å². The largest absolute Gasteiger partial charge is 0.524 e. The van der Waals surface area contributed by atoms with Crippen molar-refractivity contribution in [2.75, 3.05) is 6.35 Å². The van der Waals surface area contributed by atoms with E-state index in [-0.39, 0.29) is 6.35 Å². The number of hydrogen-bond donors (Lipinski definition) is 0. The molecule has 0 amide bonds. The summed E-state index contributed by atoms with van der Waals surface area (Å²) in [5, 5.41) is 0. The topological polar surface area (TPSA) is 35.5 Å². The van der Waals surface area contributed by atoms with Gasteiger partial charge in [0.15, 0.2) is 8.32 Å². The lowest BCUT2D eigenvalue weighted by molar-refractivity contribution is 0.357. The van der Waals surface area contributed by atoms with E-state index in [9.17, 15) is 4.57 Å². The van der Waals surface area contributed by atoms with E-state index in [0.29, 0.717) is 0 Å². The molecule has 0 fully saturated rings. The first-order valence-electron chi connectivity index (χ1n) is 4.38. The van der Waals surface area contributed by atoms with E-state index in [4.69, 9.17) is 8.64 Å². The van der Waals surface area contributed by atoms with Gasteiger partial charge in [-0.2, -0.15) is 0 Å². The van der Waals surface area contributed by atoms with Crippen molar-refractivity contribution >= 4 is 24.7 Å². The smallest absolute Gasteiger partial charge is 0.377 e. The normalized spacial score (nSPS) is 14.5. The lowest BCUT2D eigenvalue weighted by Crippen LogP contribution is -2.26. The van der Waals surface area contributed by atoms with E-state index in [0.717, 1.165) is 0 Å². The molecule has 0 radical (unpaired) electrons. The van der Waals surface area contributed by atoms with Crippen LogP contribution in [-0.4, -0.2) is 23.0 Å². The highest BCUT2D eigenvalue weighted by atomic mass is 31.1. The molecule has 0 saturated carbocycles. The molecule has 0 rings (SSSR count). The van der Waals surface area contributed by atoms with Gasteiger partial charge in [-0.1, -0.05) is 0 Å². The van der Waals surface area contributed by atoms with Crippen LogP contribution in [0, 0.1) is 0 Å². The molecule has 0 saturated heterocycles. The van der Waals surface area contributed by atoms with E-state index >= 15 is 0 Å². The van der Waals surface area contributed by atoms with Gasteiger partial charge in [0, 0.05) is 0 Å². The molecule has 1 atom stereocenters. The number of hydrogen-bond acceptors (Lipinski definition) is 3. The van der Waals surface area contributed by atoms with Gasteiger partial charge in [-0.05, 0) is 43.8 Å². The van der Waals surface area contributed by atoms with Crippen LogP contribution in [0.25, 0.3) is 0 Å². The maximum absolute atomic E-state index is 11.4. The Morgan fingerprint density at radius 1 is 1.00 bits per heavy atom. The summed E-state index contributed by atoms with van der Waals surface area (Å²) in [6.07, 6.45) is 0.259. The Hall–Kier alpha value is 0.454. The van der Waals surface area contributed by atoms with Crippen LogP contribution in [0.15, 0.2) is 0 Å². The Bertz CT molecular complexity index is 183. The first-order chi connectivity index (χ1) is 5.60. The van der Waals surface area contributed by atoms with Crippen LogP contribution in [0.5, 0.6) is 0 Å². The second kappa shape index (κ2) is 4.80. The molecule has 78 valence electrons. The SMILES string of the molecule is C[Si](C)(C)OC[P+](=O)O[Si](C)(C)C. The molecular formula is C7H20O3PSi2+. The van der Waals surface area contributed by atoms with E-state index < -0.39 is 24.7 Å². The highest BCUT2D eigenvalue weighted by molar-refractivity contribution is 7.41. The predicted octanol–water partition coefficient (Wildman–Crippen LogP) is 3.39. The van der Waals surface area contributed by atoms with Crippen LogP contribution in [0.3, 0.4) is 0 Å². The van der Waals surface area contributed by atoms with Gasteiger partial charge in [-0.3, -0.25) is 0 Å². The van der Waals surface area contributed by atoms with Gasteiger partial charge in [-0.15, -0.1) is 0 Å². The fourth-order valence-corrected chi connectivity index (χ4v) is 5.20. The van der Waals surface area contributed by atoms with Crippen molar-refractivity contribution in [3.63, 3.8) is 0 Å². The maximum atomic E-state index is 11.4. The highest BCUT2D eigenvalue weighted by Crippen LogP contribution is 2.28. The molecule has 0 aliphatic carbocycles. The van der Waals surface area contributed by atoms with Crippen molar-refractivity contribution < 1.29 is 13.2 Å². The van der Waals surface area contributed by atoms with Crippen LogP contribution in [-0.2, 0) is 13.2 Å². The zero-order chi connectivity index (χ0) is 10.7. The third-order valence-corrected chi connectivity index (χ3v) is 5.58. The van der Waals surface area contributed by atoms with Crippen LogP contribution >= 0.6 is 8.03 Å². The monoisotopic (exact) mass is 239 g/mol. The Morgan fingerprint density at radius 2 is 1.46 bits per heavy atom. The average molecular weight is 239 g/mol. The summed E-state index contributed by atoms with van der Waals surface area (Å²) in [5.74, 6) is 0. The molecule has 0 spiro atoms. The highest BCUT2D eigenvalue weighted by Gasteiger charge is 2.31. The second-order valence-corrected chi connectivity index (χ2v) is 15.3. The van der Waals surface area contributed by atoms with E-state index in [1.54, 1.807) is 0 Å². The van der Waals surface area contributed by atoms with Gasteiger partial charge in [-0.25, -0.2) is 4.21 Å². The second-order valence-electron chi connectivity index (χ2n) is 4.92. The summed E-state index contributed by atoms with van der Waals surface area (Å²) in [6, 6.07) is 0. The van der Waals surface area contributed by atoms with E-state index in [1.807, 2.05) is 19.6 Å². The molecule has 0 aliphatic rings. The first-order valence-corrected chi connectivity index (χ1v) is 12.6. The molecule has 1 unspecified atom stereocenters. The number of rotatable bonds is 5. The van der Waals surface area contributed by atoms with Gasteiger partial charge in [0.25, 0.3) is 14.7 Å². The zero-order valence-electron chi connectivity index (χ0n) is 9.38. The zero-order valence-corrected chi connectivity index (χ0v) is 12.3. The maximum Gasteiger partial charge on any atom is 0.524 e. The molecule has 0 aromatic rings. The fourth-order valence-electron chi connectivity index (χ4n) is 0.578. The van der Waals surface area contributed by atoms with Crippen molar-refractivity contribution in [1.29, 1.82) is 0 Å². The third kappa shape index (κ3) is 10.4. The minimum absolute atomic E-state index is 0.259. The van der Waals surface area contributed by atoms with Crippen molar-refractivity contribution in [2.24, 2.45) is 0 Å². The molecule has 13 heavy (non-hydrogen) atoms. The predicted molar refractivity (Wildman–Crippen MR) is 61.3 cm³/mol. The minimum Gasteiger partial charge on any atom is -0.377 e. The van der Waals surface area contributed by atoms with Gasteiger partial charge in [0.05, 0.1) is 0 Å². The van der Waals surface area contributed by atoms with Gasteiger partial charge in [0.1, 0.15) is 0 Å². The molecule has 6 heteroatoms. The molecule has 0 aliphatic heterocycles.